The molecule has 0 unspecified atom stereocenters. The second kappa shape index (κ2) is 7.91. The molecule has 7 heteroatoms. The number of nitrogens with zero attached hydrogens (tertiary/aromatic N) is 5. The number of piperidine rings is 1. The molecule has 4 aromatic rings. The number of ether oxygens (including phenoxy) is 1. The number of nitrogens with one attached hydrogen (secondary N) is 1. The normalized spacial score (nSPS) is 15.7. The fraction of sp³-hybridized carbons (Fsp3) is 0.348. The standard InChI is InChI=1S/C23H26N6O/c1-28-7-5-16(6-8-28)14-29-15-19(12-27-29)18-9-20-21(13-26-23(20)25-11-18)17-3-4-22(30-2)24-10-17/h3-4,9-13,15-16H,5-8,14H2,1-2H3,(H,25,26). The Labute approximate surface area is 175 Å². The van der Waals surface area contributed by atoms with Gasteiger partial charge in [-0.15, -0.1) is 0 Å². The molecular formula is C23H26N6O. The van der Waals surface area contributed by atoms with E-state index in [2.05, 4.69) is 48.9 Å². The van der Waals surface area contributed by atoms with Crippen LogP contribution in [0.2, 0.25) is 0 Å². The zero-order chi connectivity index (χ0) is 20.5. The summed E-state index contributed by atoms with van der Waals surface area (Å²) in [6.07, 6.45) is 12.3. The van der Waals surface area contributed by atoms with Gasteiger partial charge in [-0.05, 0) is 51.0 Å². The van der Waals surface area contributed by atoms with E-state index in [1.54, 1.807) is 7.11 Å². The van der Waals surface area contributed by atoms with Crippen molar-refractivity contribution in [2.45, 2.75) is 19.4 Å². The van der Waals surface area contributed by atoms with Gasteiger partial charge in [0.1, 0.15) is 5.65 Å². The van der Waals surface area contributed by atoms with Crippen LogP contribution in [0.1, 0.15) is 12.8 Å². The van der Waals surface area contributed by atoms with Gasteiger partial charge in [0.15, 0.2) is 0 Å². The minimum atomic E-state index is 0.606. The Morgan fingerprint density at radius 3 is 2.67 bits per heavy atom. The summed E-state index contributed by atoms with van der Waals surface area (Å²) in [5.41, 5.74) is 5.13. The first kappa shape index (κ1) is 18.8. The van der Waals surface area contributed by atoms with Crippen LogP contribution in [-0.2, 0) is 6.54 Å². The zero-order valence-corrected chi connectivity index (χ0v) is 17.4. The number of pyridine rings is 2. The molecule has 5 rings (SSSR count). The van der Waals surface area contributed by atoms with Crippen LogP contribution in [0.5, 0.6) is 5.88 Å². The van der Waals surface area contributed by atoms with Crippen molar-refractivity contribution in [2.75, 3.05) is 27.2 Å². The molecule has 154 valence electrons. The smallest absolute Gasteiger partial charge is 0.212 e. The molecule has 1 fully saturated rings. The third kappa shape index (κ3) is 3.68. The van der Waals surface area contributed by atoms with E-state index < -0.39 is 0 Å². The fourth-order valence-corrected chi connectivity index (χ4v) is 4.18. The minimum Gasteiger partial charge on any atom is -0.481 e. The monoisotopic (exact) mass is 402 g/mol. The lowest BCUT2D eigenvalue weighted by Crippen LogP contribution is -2.31. The van der Waals surface area contributed by atoms with E-state index >= 15 is 0 Å². The van der Waals surface area contributed by atoms with Gasteiger partial charge >= 0.3 is 0 Å². The summed E-state index contributed by atoms with van der Waals surface area (Å²) in [6, 6.07) is 6.06. The van der Waals surface area contributed by atoms with Gasteiger partial charge in [-0.1, -0.05) is 0 Å². The summed E-state index contributed by atoms with van der Waals surface area (Å²) >= 11 is 0. The highest BCUT2D eigenvalue weighted by Gasteiger charge is 2.18. The highest BCUT2D eigenvalue weighted by Crippen LogP contribution is 2.31. The molecule has 4 aromatic heterocycles. The molecule has 0 amide bonds. The van der Waals surface area contributed by atoms with Crippen molar-refractivity contribution in [1.82, 2.24) is 29.6 Å². The van der Waals surface area contributed by atoms with Crippen molar-refractivity contribution in [2.24, 2.45) is 5.92 Å². The summed E-state index contributed by atoms with van der Waals surface area (Å²) < 4.78 is 7.25. The second-order valence-corrected chi connectivity index (χ2v) is 8.11. The lowest BCUT2D eigenvalue weighted by molar-refractivity contribution is 0.201. The predicted octanol–water partition coefficient (Wildman–Crippen LogP) is 3.84. The van der Waals surface area contributed by atoms with Gasteiger partial charge in [0.05, 0.1) is 13.3 Å². The lowest BCUT2D eigenvalue weighted by atomic mass is 9.97. The minimum absolute atomic E-state index is 0.606. The Morgan fingerprint density at radius 2 is 1.90 bits per heavy atom. The molecule has 0 saturated carbocycles. The first-order chi connectivity index (χ1) is 14.7. The molecule has 0 radical (unpaired) electrons. The largest absolute Gasteiger partial charge is 0.481 e. The number of fused-ring (bicyclic) bond motifs is 1. The van der Waals surface area contributed by atoms with Gasteiger partial charge in [-0.2, -0.15) is 5.10 Å². The van der Waals surface area contributed by atoms with Crippen molar-refractivity contribution < 1.29 is 4.74 Å². The summed E-state index contributed by atoms with van der Waals surface area (Å²) in [6.45, 7) is 3.34. The molecule has 1 N–H and O–H groups in total. The van der Waals surface area contributed by atoms with Crippen LogP contribution in [-0.4, -0.2) is 56.9 Å². The van der Waals surface area contributed by atoms with E-state index in [-0.39, 0.29) is 0 Å². The SMILES string of the molecule is COc1ccc(-c2c[nH]c3ncc(-c4cnn(CC5CCN(C)CC5)c4)cc23)cn1. The van der Waals surface area contributed by atoms with E-state index in [0.29, 0.717) is 11.8 Å². The van der Waals surface area contributed by atoms with Gasteiger partial charge in [-0.3, -0.25) is 4.68 Å². The molecule has 0 spiro atoms. The van der Waals surface area contributed by atoms with E-state index in [1.165, 1.54) is 25.9 Å². The van der Waals surface area contributed by atoms with Crippen molar-refractivity contribution >= 4 is 11.0 Å². The van der Waals surface area contributed by atoms with Crippen molar-refractivity contribution in [3.05, 3.63) is 49.2 Å². The van der Waals surface area contributed by atoms with E-state index in [9.17, 15) is 0 Å². The van der Waals surface area contributed by atoms with Gasteiger partial charge in [0.25, 0.3) is 0 Å². The fourth-order valence-electron chi connectivity index (χ4n) is 4.18. The Kier molecular flexibility index (Phi) is 4.96. The highest BCUT2D eigenvalue weighted by atomic mass is 16.5. The summed E-state index contributed by atoms with van der Waals surface area (Å²) in [5, 5.41) is 5.69. The number of H-pyrrole nitrogens is 1. The van der Waals surface area contributed by atoms with Crippen molar-refractivity contribution in [3.63, 3.8) is 0 Å². The molecule has 0 bridgehead atoms. The van der Waals surface area contributed by atoms with Crippen molar-refractivity contribution in [1.29, 1.82) is 0 Å². The molecule has 1 aliphatic heterocycles. The number of hydrogen-bond acceptors (Lipinski definition) is 5. The summed E-state index contributed by atoms with van der Waals surface area (Å²) in [7, 11) is 3.82. The molecule has 1 aliphatic rings. The Balaban J connectivity index is 1.40. The van der Waals surface area contributed by atoms with Gasteiger partial charge < -0.3 is 14.6 Å². The van der Waals surface area contributed by atoms with Crippen LogP contribution in [0.25, 0.3) is 33.3 Å². The van der Waals surface area contributed by atoms with Crippen LogP contribution in [0.15, 0.2) is 49.2 Å². The summed E-state index contributed by atoms with van der Waals surface area (Å²) in [5.74, 6) is 1.31. The quantitative estimate of drug-likeness (QED) is 0.549. The zero-order valence-electron chi connectivity index (χ0n) is 17.4. The van der Waals surface area contributed by atoms with Crippen LogP contribution in [0, 0.1) is 5.92 Å². The third-order valence-electron chi connectivity index (χ3n) is 6.04. The molecule has 7 nitrogen and oxygen atoms in total. The molecule has 1 saturated heterocycles. The molecule has 5 heterocycles. The summed E-state index contributed by atoms with van der Waals surface area (Å²) in [4.78, 5) is 14.6. The van der Waals surface area contributed by atoms with E-state index in [1.807, 2.05) is 36.9 Å². The van der Waals surface area contributed by atoms with Crippen LogP contribution >= 0.6 is 0 Å². The highest BCUT2D eigenvalue weighted by molar-refractivity contribution is 5.95. The Bertz CT molecular complexity index is 1140. The number of likely N-dealkylation sites (tertiary alicyclic amines) is 1. The average molecular weight is 403 g/mol. The Morgan fingerprint density at radius 1 is 1.07 bits per heavy atom. The molecular weight excluding hydrogens is 376 g/mol. The number of hydrogen-bond donors (Lipinski definition) is 1. The van der Waals surface area contributed by atoms with Gasteiger partial charge in [0.2, 0.25) is 5.88 Å². The topological polar surface area (TPSA) is 71.9 Å². The molecule has 0 aromatic carbocycles. The number of methoxy groups -OCH3 is 1. The van der Waals surface area contributed by atoms with E-state index in [4.69, 9.17) is 4.74 Å². The maximum Gasteiger partial charge on any atom is 0.212 e. The predicted molar refractivity (Wildman–Crippen MR) is 117 cm³/mol. The number of aromatic nitrogens is 5. The first-order valence-corrected chi connectivity index (χ1v) is 10.4. The molecule has 0 atom stereocenters. The molecule has 30 heavy (non-hydrogen) atoms. The Hall–Kier alpha value is -3.19. The number of aromatic amines is 1. The maximum atomic E-state index is 5.17. The van der Waals surface area contributed by atoms with E-state index in [0.717, 1.165) is 39.8 Å². The maximum absolute atomic E-state index is 5.17. The van der Waals surface area contributed by atoms with Crippen LogP contribution in [0.4, 0.5) is 0 Å². The average Bonchev–Trinajstić information content (AvgIpc) is 3.42. The molecule has 0 aliphatic carbocycles. The van der Waals surface area contributed by atoms with Crippen LogP contribution in [0.3, 0.4) is 0 Å². The first-order valence-electron chi connectivity index (χ1n) is 10.4. The third-order valence-corrected chi connectivity index (χ3v) is 6.04. The van der Waals surface area contributed by atoms with Gasteiger partial charge in [0, 0.05) is 65.0 Å². The van der Waals surface area contributed by atoms with Crippen molar-refractivity contribution in [3.8, 4) is 28.1 Å². The van der Waals surface area contributed by atoms with Crippen LogP contribution < -0.4 is 4.74 Å². The van der Waals surface area contributed by atoms with Gasteiger partial charge in [-0.25, -0.2) is 9.97 Å². The number of rotatable bonds is 5. The second-order valence-electron chi connectivity index (χ2n) is 8.11. The lowest BCUT2D eigenvalue weighted by Gasteiger charge is -2.28.